The van der Waals surface area contributed by atoms with Crippen LogP contribution in [0.1, 0.15) is 52.6 Å². The Balaban J connectivity index is 3.01. The molecule has 1 atom stereocenters. The minimum atomic E-state index is -0.945. The summed E-state index contributed by atoms with van der Waals surface area (Å²) in [7, 11) is 0. The molecule has 1 N–H and O–H groups in total. The number of carbonyl (C=O) groups excluding carboxylic acids is 1. The molecular weight excluding hydrogens is 236 g/mol. The highest BCUT2D eigenvalue weighted by molar-refractivity contribution is 7.15. The average Bonchev–Trinajstić information content (AvgIpc) is 2.59. The molecule has 0 aromatic carbocycles. The van der Waals surface area contributed by atoms with Gasteiger partial charge in [0.2, 0.25) is 0 Å². The lowest BCUT2D eigenvalue weighted by Crippen LogP contribution is -2.20. The third kappa shape index (κ3) is 3.40. The fourth-order valence-electron chi connectivity index (χ4n) is 1.48. The maximum atomic E-state index is 11.1. The van der Waals surface area contributed by atoms with Crippen molar-refractivity contribution in [3.05, 3.63) is 21.4 Å². The fourth-order valence-corrected chi connectivity index (χ4v) is 2.32. The first-order valence-electron chi connectivity index (χ1n) is 5.57. The molecule has 1 heterocycles. The number of aldehydes is 1. The Kier molecular flexibility index (Phi) is 4.09. The van der Waals surface area contributed by atoms with E-state index in [0.29, 0.717) is 28.4 Å². The number of aromatic carboxylic acids is 1. The molecule has 1 aromatic rings. The van der Waals surface area contributed by atoms with Crippen molar-refractivity contribution in [1.29, 1.82) is 0 Å². The highest BCUT2D eigenvalue weighted by Gasteiger charge is 2.24. The van der Waals surface area contributed by atoms with Gasteiger partial charge in [0.15, 0.2) is 6.29 Å². The highest BCUT2D eigenvalue weighted by atomic mass is 32.1. The van der Waals surface area contributed by atoms with Gasteiger partial charge in [-0.15, -0.1) is 11.3 Å². The molecule has 0 aliphatic rings. The summed E-state index contributed by atoms with van der Waals surface area (Å²) < 4.78 is 0. The first kappa shape index (κ1) is 13.9. The molecule has 94 valence electrons. The molecule has 3 nitrogen and oxygen atoms in total. The van der Waals surface area contributed by atoms with Crippen molar-refractivity contribution < 1.29 is 14.7 Å². The second kappa shape index (κ2) is 5.00. The van der Waals surface area contributed by atoms with Crippen molar-refractivity contribution in [2.45, 2.75) is 34.1 Å². The van der Waals surface area contributed by atoms with Crippen LogP contribution in [-0.2, 0) is 6.42 Å². The molecule has 0 saturated heterocycles. The molecule has 0 bridgehead atoms. The zero-order valence-corrected chi connectivity index (χ0v) is 11.4. The van der Waals surface area contributed by atoms with Crippen molar-refractivity contribution in [1.82, 2.24) is 0 Å². The van der Waals surface area contributed by atoms with Crippen LogP contribution in [0.2, 0.25) is 0 Å². The number of thiophene rings is 1. The van der Waals surface area contributed by atoms with Crippen LogP contribution in [0.15, 0.2) is 6.07 Å². The molecular formula is C13H18O3S. The SMILES string of the molecule is CC(Cc1cc(C=O)sc1C(=O)O)C(C)(C)C. The number of carboxylic acids is 1. The van der Waals surface area contributed by atoms with E-state index < -0.39 is 5.97 Å². The Labute approximate surface area is 105 Å². The molecule has 1 aromatic heterocycles. The van der Waals surface area contributed by atoms with E-state index in [9.17, 15) is 9.59 Å². The van der Waals surface area contributed by atoms with Crippen LogP contribution in [0.4, 0.5) is 0 Å². The van der Waals surface area contributed by atoms with Gasteiger partial charge >= 0.3 is 5.97 Å². The maximum Gasteiger partial charge on any atom is 0.346 e. The third-order valence-electron chi connectivity index (χ3n) is 3.14. The van der Waals surface area contributed by atoms with E-state index in [-0.39, 0.29) is 5.41 Å². The Morgan fingerprint density at radius 1 is 1.53 bits per heavy atom. The third-order valence-corrected chi connectivity index (χ3v) is 4.23. The summed E-state index contributed by atoms with van der Waals surface area (Å²) in [5, 5.41) is 9.08. The Bertz CT molecular complexity index is 426. The van der Waals surface area contributed by atoms with E-state index in [1.807, 2.05) is 0 Å². The molecule has 17 heavy (non-hydrogen) atoms. The zero-order valence-electron chi connectivity index (χ0n) is 10.6. The van der Waals surface area contributed by atoms with Gasteiger partial charge in [-0.25, -0.2) is 4.79 Å². The Hall–Kier alpha value is -1.16. The van der Waals surface area contributed by atoms with Gasteiger partial charge in [-0.05, 0) is 29.4 Å². The zero-order chi connectivity index (χ0) is 13.2. The standard InChI is InChI=1S/C13H18O3S/c1-8(13(2,3)4)5-9-6-10(7-14)17-11(9)12(15)16/h6-8H,5H2,1-4H3,(H,15,16). The number of rotatable bonds is 4. The first-order chi connectivity index (χ1) is 7.75. The number of carboxylic acid groups (broad SMARTS) is 1. The molecule has 1 unspecified atom stereocenters. The fraction of sp³-hybridized carbons (Fsp3) is 0.538. The Morgan fingerprint density at radius 2 is 2.12 bits per heavy atom. The molecule has 0 aliphatic heterocycles. The summed E-state index contributed by atoms with van der Waals surface area (Å²) in [6, 6.07) is 1.70. The summed E-state index contributed by atoms with van der Waals surface area (Å²) in [5.74, 6) is -0.589. The van der Waals surface area contributed by atoms with Crippen LogP contribution in [0.25, 0.3) is 0 Å². The summed E-state index contributed by atoms with van der Waals surface area (Å²) in [6.45, 7) is 8.49. The van der Waals surface area contributed by atoms with Gasteiger partial charge in [-0.1, -0.05) is 27.7 Å². The topological polar surface area (TPSA) is 54.4 Å². The molecule has 0 spiro atoms. The van der Waals surface area contributed by atoms with E-state index in [0.717, 1.165) is 16.9 Å². The number of carbonyl (C=O) groups is 2. The molecule has 0 amide bonds. The van der Waals surface area contributed by atoms with Crippen molar-refractivity contribution in [3.63, 3.8) is 0 Å². The maximum absolute atomic E-state index is 11.1. The van der Waals surface area contributed by atoms with Crippen molar-refractivity contribution in [3.8, 4) is 0 Å². The summed E-state index contributed by atoms with van der Waals surface area (Å²) in [4.78, 5) is 22.6. The quantitative estimate of drug-likeness (QED) is 0.837. The number of hydrogen-bond donors (Lipinski definition) is 1. The minimum absolute atomic E-state index is 0.124. The lowest BCUT2D eigenvalue weighted by atomic mass is 9.78. The van der Waals surface area contributed by atoms with E-state index in [2.05, 4.69) is 27.7 Å². The largest absolute Gasteiger partial charge is 0.477 e. The summed E-state index contributed by atoms with van der Waals surface area (Å²) >= 11 is 1.05. The predicted octanol–water partition coefficient (Wildman–Crippen LogP) is 3.48. The van der Waals surface area contributed by atoms with E-state index in [1.165, 1.54) is 0 Å². The lowest BCUT2D eigenvalue weighted by molar-refractivity contribution is 0.0700. The second-order valence-electron chi connectivity index (χ2n) is 5.40. The van der Waals surface area contributed by atoms with Gasteiger partial charge in [0.05, 0.1) is 4.88 Å². The molecule has 0 saturated carbocycles. The van der Waals surface area contributed by atoms with Gasteiger partial charge in [0, 0.05) is 0 Å². The van der Waals surface area contributed by atoms with Gasteiger partial charge < -0.3 is 5.11 Å². The molecule has 0 radical (unpaired) electrons. The van der Waals surface area contributed by atoms with Gasteiger partial charge in [0.25, 0.3) is 0 Å². The van der Waals surface area contributed by atoms with Crippen LogP contribution >= 0.6 is 11.3 Å². The average molecular weight is 254 g/mol. The predicted molar refractivity (Wildman–Crippen MR) is 69.0 cm³/mol. The lowest BCUT2D eigenvalue weighted by Gasteiger charge is -2.27. The smallest absolute Gasteiger partial charge is 0.346 e. The van der Waals surface area contributed by atoms with Crippen LogP contribution < -0.4 is 0 Å². The van der Waals surface area contributed by atoms with Crippen LogP contribution in [-0.4, -0.2) is 17.4 Å². The van der Waals surface area contributed by atoms with Crippen LogP contribution in [0, 0.1) is 11.3 Å². The second-order valence-corrected chi connectivity index (χ2v) is 6.48. The van der Waals surface area contributed by atoms with Gasteiger partial charge in [0.1, 0.15) is 4.88 Å². The van der Waals surface area contributed by atoms with E-state index in [4.69, 9.17) is 5.11 Å². The Morgan fingerprint density at radius 3 is 2.53 bits per heavy atom. The van der Waals surface area contributed by atoms with Gasteiger partial charge in [-0.2, -0.15) is 0 Å². The molecule has 4 heteroatoms. The van der Waals surface area contributed by atoms with Crippen LogP contribution in [0.3, 0.4) is 0 Å². The number of hydrogen-bond acceptors (Lipinski definition) is 3. The van der Waals surface area contributed by atoms with Crippen LogP contribution in [0.5, 0.6) is 0 Å². The molecule has 1 rings (SSSR count). The first-order valence-corrected chi connectivity index (χ1v) is 6.38. The monoisotopic (exact) mass is 254 g/mol. The van der Waals surface area contributed by atoms with Crippen molar-refractivity contribution in [2.75, 3.05) is 0 Å². The van der Waals surface area contributed by atoms with E-state index in [1.54, 1.807) is 6.07 Å². The molecule has 0 aliphatic carbocycles. The molecule has 0 fully saturated rings. The van der Waals surface area contributed by atoms with Crippen molar-refractivity contribution >= 4 is 23.6 Å². The summed E-state index contributed by atoms with van der Waals surface area (Å²) in [5.41, 5.74) is 0.894. The normalized spacial score (nSPS) is 13.4. The van der Waals surface area contributed by atoms with Crippen molar-refractivity contribution in [2.24, 2.45) is 11.3 Å². The minimum Gasteiger partial charge on any atom is -0.477 e. The van der Waals surface area contributed by atoms with Gasteiger partial charge in [-0.3, -0.25) is 4.79 Å². The van der Waals surface area contributed by atoms with E-state index >= 15 is 0 Å². The summed E-state index contributed by atoms with van der Waals surface area (Å²) in [6.07, 6.45) is 1.40. The highest BCUT2D eigenvalue weighted by Crippen LogP contribution is 2.31.